The minimum Gasteiger partial charge on any atom is -0.326 e. The highest BCUT2D eigenvalue weighted by Crippen LogP contribution is 2.30. The Balaban J connectivity index is 2.30. The molecule has 1 aliphatic rings. The molecule has 0 aromatic carbocycles. The number of carbonyl (C=O) groups excluding carboxylic acids is 1. The van der Waals surface area contributed by atoms with E-state index in [1.807, 2.05) is 17.5 Å². The Morgan fingerprint density at radius 2 is 2.11 bits per heavy atom. The molecular formula is C11H10N4O3S. The van der Waals surface area contributed by atoms with Crippen LogP contribution in [0.2, 0.25) is 0 Å². The van der Waals surface area contributed by atoms with E-state index in [1.165, 1.54) is 23.0 Å². The van der Waals surface area contributed by atoms with Crippen LogP contribution in [0.3, 0.4) is 0 Å². The molecule has 98 valence electrons. The Kier molecular flexibility index (Phi) is 2.53. The van der Waals surface area contributed by atoms with Crippen LogP contribution in [0, 0.1) is 0 Å². The summed E-state index contributed by atoms with van der Waals surface area (Å²) in [4.78, 5) is 38.3. The SMILES string of the molecule is Cn1c2c(c(=O)[nH]c1=O)[C@@H](c1cccs1)NC(=O)N2. The molecule has 8 heteroatoms. The van der Waals surface area contributed by atoms with E-state index in [4.69, 9.17) is 0 Å². The number of hydrogen-bond donors (Lipinski definition) is 3. The molecule has 2 amide bonds. The molecule has 0 aliphatic carbocycles. The molecule has 3 N–H and O–H groups in total. The Hall–Kier alpha value is -2.35. The van der Waals surface area contributed by atoms with E-state index >= 15 is 0 Å². The second-order valence-corrected chi connectivity index (χ2v) is 5.11. The lowest BCUT2D eigenvalue weighted by molar-refractivity contribution is 0.248. The van der Waals surface area contributed by atoms with Crippen LogP contribution in [0.25, 0.3) is 0 Å². The van der Waals surface area contributed by atoms with Crippen molar-refractivity contribution >= 4 is 23.2 Å². The van der Waals surface area contributed by atoms with Gasteiger partial charge in [0, 0.05) is 11.9 Å². The molecule has 0 fully saturated rings. The van der Waals surface area contributed by atoms with Crippen molar-refractivity contribution < 1.29 is 4.79 Å². The van der Waals surface area contributed by atoms with Crippen molar-refractivity contribution in [2.75, 3.05) is 5.32 Å². The van der Waals surface area contributed by atoms with Gasteiger partial charge in [0.25, 0.3) is 5.56 Å². The first-order valence-corrected chi connectivity index (χ1v) is 6.40. The standard InChI is InChI=1S/C11H10N4O3S/c1-15-8-6(9(16)14-11(15)18)7(12-10(17)13-8)5-3-2-4-19-5/h2-4,7H,1H3,(H2,12,13,17)(H,14,16,18)/t7-/m1/s1. The van der Waals surface area contributed by atoms with E-state index in [2.05, 4.69) is 15.6 Å². The number of nitrogens with one attached hydrogen (secondary N) is 3. The first-order chi connectivity index (χ1) is 9.08. The monoisotopic (exact) mass is 278 g/mol. The zero-order chi connectivity index (χ0) is 13.6. The second-order valence-electron chi connectivity index (χ2n) is 4.13. The third kappa shape index (κ3) is 1.76. The molecule has 7 nitrogen and oxygen atoms in total. The van der Waals surface area contributed by atoms with Crippen molar-refractivity contribution in [3.8, 4) is 0 Å². The third-order valence-electron chi connectivity index (χ3n) is 2.98. The van der Waals surface area contributed by atoms with Crippen LogP contribution in [-0.4, -0.2) is 15.6 Å². The fraction of sp³-hybridized carbons (Fsp3) is 0.182. The molecule has 0 bridgehead atoms. The highest BCUT2D eigenvalue weighted by Gasteiger charge is 2.31. The zero-order valence-corrected chi connectivity index (χ0v) is 10.7. The Labute approximate surface area is 110 Å². The molecule has 0 unspecified atom stereocenters. The molecule has 1 aliphatic heterocycles. The van der Waals surface area contributed by atoms with Crippen molar-refractivity contribution in [3.63, 3.8) is 0 Å². The van der Waals surface area contributed by atoms with E-state index in [-0.39, 0.29) is 5.82 Å². The molecule has 0 radical (unpaired) electrons. The largest absolute Gasteiger partial charge is 0.329 e. The number of amides is 2. The predicted octanol–water partition coefficient (Wildman–Crippen LogP) is 0.360. The quantitative estimate of drug-likeness (QED) is 0.702. The molecule has 19 heavy (non-hydrogen) atoms. The number of nitrogens with zero attached hydrogens (tertiary/aromatic N) is 1. The number of anilines is 1. The predicted molar refractivity (Wildman–Crippen MR) is 70.6 cm³/mol. The van der Waals surface area contributed by atoms with Crippen LogP contribution in [-0.2, 0) is 7.05 Å². The van der Waals surface area contributed by atoms with Crippen LogP contribution in [0.4, 0.5) is 10.6 Å². The van der Waals surface area contributed by atoms with Crippen LogP contribution in [0.1, 0.15) is 16.5 Å². The van der Waals surface area contributed by atoms with Gasteiger partial charge >= 0.3 is 11.7 Å². The van der Waals surface area contributed by atoms with Gasteiger partial charge in [-0.2, -0.15) is 0 Å². The lowest BCUT2D eigenvalue weighted by atomic mass is 10.1. The molecule has 0 saturated heterocycles. The van der Waals surface area contributed by atoms with Crippen molar-refractivity contribution in [1.82, 2.24) is 14.9 Å². The molecule has 2 aromatic heterocycles. The minimum atomic E-state index is -0.559. The molecule has 3 heterocycles. The van der Waals surface area contributed by atoms with Crippen LogP contribution in [0.15, 0.2) is 27.1 Å². The van der Waals surface area contributed by atoms with E-state index < -0.39 is 23.3 Å². The number of hydrogen-bond acceptors (Lipinski definition) is 4. The van der Waals surface area contributed by atoms with Crippen LogP contribution < -0.4 is 21.9 Å². The van der Waals surface area contributed by atoms with Crippen molar-refractivity contribution in [2.45, 2.75) is 6.04 Å². The van der Waals surface area contributed by atoms with Gasteiger partial charge < -0.3 is 5.32 Å². The number of aromatic amines is 1. The van der Waals surface area contributed by atoms with E-state index in [0.29, 0.717) is 5.56 Å². The van der Waals surface area contributed by atoms with Gasteiger partial charge in [-0.15, -0.1) is 11.3 Å². The highest BCUT2D eigenvalue weighted by molar-refractivity contribution is 7.10. The number of fused-ring (bicyclic) bond motifs is 1. The number of thiophene rings is 1. The van der Waals surface area contributed by atoms with E-state index in [0.717, 1.165) is 4.88 Å². The van der Waals surface area contributed by atoms with Gasteiger partial charge in [0.1, 0.15) is 5.82 Å². The summed E-state index contributed by atoms with van der Waals surface area (Å²) in [6, 6.07) is 2.69. The van der Waals surface area contributed by atoms with Gasteiger partial charge in [-0.1, -0.05) is 6.07 Å². The molecular weight excluding hydrogens is 268 g/mol. The first kappa shape index (κ1) is 11.7. The van der Waals surface area contributed by atoms with Gasteiger partial charge in [0.05, 0.1) is 11.6 Å². The second kappa shape index (κ2) is 4.09. The van der Waals surface area contributed by atoms with Crippen molar-refractivity contribution in [3.05, 3.63) is 48.8 Å². The summed E-state index contributed by atoms with van der Waals surface area (Å²) in [5.74, 6) is 0.232. The average molecular weight is 278 g/mol. The minimum absolute atomic E-state index is 0.232. The van der Waals surface area contributed by atoms with E-state index in [9.17, 15) is 14.4 Å². The van der Waals surface area contributed by atoms with Crippen molar-refractivity contribution in [2.24, 2.45) is 7.05 Å². The lowest BCUT2D eigenvalue weighted by Crippen LogP contribution is -2.46. The molecule has 2 aromatic rings. The average Bonchev–Trinajstić information content (AvgIpc) is 2.88. The summed E-state index contributed by atoms with van der Waals surface area (Å²) in [6.07, 6.45) is 0. The van der Waals surface area contributed by atoms with Gasteiger partial charge in [-0.3, -0.25) is 19.7 Å². The van der Waals surface area contributed by atoms with Gasteiger partial charge in [0.2, 0.25) is 0 Å². The first-order valence-electron chi connectivity index (χ1n) is 5.52. The fourth-order valence-electron chi connectivity index (χ4n) is 2.07. The Bertz CT molecular complexity index is 759. The summed E-state index contributed by atoms with van der Waals surface area (Å²) in [5.41, 5.74) is -0.718. The van der Waals surface area contributed by atoms with Crippen LogP contribution >= 0.6 is 11.3 Å². The number of carbonyl (C=O) groups is 1. The Morgan fingerprint density at radius 3 is 2.79 bits per heavy atom. The summed E-state index contributed by atoms with van der Waals surface area (Å²) >= 11 is 1.43. The zero-order valence-electron chi connectivity index (χ0n) is 9.89. The lowest BCUT2D eigenvalue weighted by Gasteiger charge is -2.26. The van der Waals surface area contributed by atoms with E-state index in [1.54, 1.807) is 0 Å². The highest BCUT2D eigenvalue weighted by atomic mass is 32.1. The molecule has 1 atom stereocenters. The fourth-order valence-corrected chi connectivity index (χ4v) is 2.86. The summed E-state index contributed by atoms with van der Waals surface area (Å²) in [6.45, 7) is 0. The Morgan fingerprint density at radius 1 is 1.32 bits per heavy atom. The smallest absolute Gasteiger partial charge is 0.326 e. The summed E-state index contributed by atoms with van der Waals surface area (Å²) in [5, 5.41) is 7.05. The molecule has 0 saturated carbocycles. The normalized spacial score (nSPS) is 17.5. The van der Waals surface area contributed by atoms with Crippen LogP contribution in [0.5, 0.6) is 0 Å². The third-order valence-corrected chi connectivity index (χ3v) is 3.92. The maximum Gasteiger partial charge on any atom is 0.329 e. The van der Waals surface area contributed by atoms with Gasteiger partial charge in [-0.25, -0.2) is 9.59 Å². The number of rotatable bonds is 1. The number of H-pyrrole nitrogens is 1. The maximum absolute atomic E-state index is 12.0. The molecule has 0 spiro atoms. The summed E-state index contributed by atoms with van der Waals surface area (Å²) in [7, 11) is 1.49. The number of aromatic nitrogens is 2. The topological polar surface area (TPSA) is 96.0 Å². The van der Waals surface area contributed by atoms with Gasteiger partial charge in [-0.05, 0) is 11.4 Å². The summed E-state index contributed by atoms with van der Waals surface area (Å²) < 4.78 is 1.22. The maximum atomic E-state index is 12.0. The van der Waals surface area contributed by atoms with Crippen molar-refractivity contribution in [1.29, 1.82) is 0 Å². The van der Waals surface area contributed by atoms with Gasteiger partial charge in [0.15, 0.2) is 0 Å². The number of urea groups is 1. The molecule has 3 rings (SSSR count).